The van der Waals surface area contributed by atoms with Crippen LogP contribution in [-0.2, 0) is 28.6 Å². The van der Waals surface area contributed by atoms with Crippen molar-refractivity contribution in [2.24, 2.45) is 0 Å². The number of carbonyl (C=O) groups is 2. The van der Waals surface area contributed by atoms with Crippen molar-refractivity contribution in [3.63, 3.8) is 0 Å². The van der Waals surface area contributed by atoms with Gasteiger partial charge < -0.3 is 9.90 Å². The molecular formula is C13H12F3O3-. The Morgan fingerprint density at radius 2 is 1.89 bits per heavy atom. The summed E-state index contributed by atoms with van der Waals surface area (Å²) in [6.45, 7) is 1.72. The van der Waals surface area contributed by atoms with Gasteiger partial charge in [-0.25, -0.2) is 0 Å². The first-order valence-electron chi connectivity index (χ1n) is 5.64. The maximum absolute atomic E-state index is 12.8. The molecular weight excluding hydrogens is 261 g/mol. The van der Waals surface area contributed by atoms with E-state index in [0.717, 1.165) is 6.07 Å². The third-order valence-electron chi connectivity index (χ3n) is 2.62. The van der Waals surface area contributed by atoms with Crippen molar-refractivity contribution in [1.29, 1.82) is 0 Å². The minimum absolute atomic E-state index is 0.212. The van der Waals surface area contributed by atoms with Gasteiger partial charge in [-0.1, -0.05) is 19.1 Å². The van der Waals surface area contributed by atoms with Crippen LogP contribution in [0.15, 0.2) is 18.2 Å². The number of aryl methyl sites for hydroxylation is 1. The highest BCUT2D eigenvalue weighted by Crippen LogP contribution is 2.33. The smallest absolute Gasteiger partial charge is 0.416 e. The van der Waals surface area contributed by atoms with E-state index in [1.165, 1.54) is 12.1 Å². The second-order valence-electron chi connectivity index (χ2n) is 4.11. The number of carboxylic acid groups (broad SMARTS) is 1. The molecule has 1 aromatic rings. The van der Waals surface area contributed by atoms with Crippen LogP contribution in [0.1, 0.15) is 30.0 Å². The van der Waals surface area contributed by atoms with Crippen molar-refractivity contribution in [2.45, 2.75) is 32.4 Å². The van der Waals surface area contributed by atoms with Gasteiger partial charge >= 0.3 is 6.18 Å². The van der Waals surface area contributed by atoms with E-state index in [0.29, 0.717) is 12.0 Å². The number of hydrogen-bond donors (Lipinski definition) is 0. The van der Waals surface area contributed by atoms with Crippen molar-refractivity contribution < 1.29 is 27.9 Å². The highest BCUT2D eigenvalue weighted by molar-refractivity contribution is 5.95. The quantitative estimate of drug-likeness (QED) is 0.764. The molecule has 3 nitrogen and oxygen atoms in total. The normalized spacial score (nSPS) is 11.4. The van der Waals surface area contributed by atoms with Crippen LogP contribution in [0.5, 0.6) is 0 Å². The fraction of sp³-hybridized carbons (Fsp3) is 0.385. The van der Waals surface area contributed by atoms with Gasteiger partial charge in [-0.2, -0.15) is 13.2 Å². The van der Waals surface area contributed by atoms with Crippen molar-refractivity contribution in [3.05, 3.63) is 34.9 Å². The number of carbonyl (C=O) groups excluding carboxylic acids is 2. The first kappa shape index (κ1) is 15.2. The molecule has 0 amide bonds. The highest BCUT2D eigenvalue weighted by atomic mass is 19.4. The van der Waals surface area contributed by atoms with Crippen molar-refractivity contribution in [3.8, 4) is 0 Å². The van der Waals surface area contributed by atoms with E-state index in [9.17, 15) is 27.9 Å². The largest absolute Gasteiger partial charge is 0.550 e. The van der Waals surface area contributed by atoms with Crippen LogP contribution < -0.4 is 5.11 Å². The van der Waals surface area contributed by atoms with Crippen LogP contribution in [0.2, 0.25) is 0 Å². The molecule has 0 saturated heterocycles. The third-order valence-corrected chi connectivity index (χ3v) is 2.62. The first-order chi connectivity index (χ1) is 8.74. The Morgan fingerprint density at radius 1 is 1.26 bits per heavy atom. The number of Topliss-reactive ketones (excluding diaryl/α,β-unsaturated/α-hetero) is 1. The van der Waals surface area contributed by atoms with Gasteiger partial charge in [-0.05, 0) is 23.6 Å². The summed E-state index contributed by atoms with van der Waals surface area (Å²) in [7, 11) is 0. The predicted octanol–water partition coefficient (Wildman–Crippen LogP) is 1.52. The molecule has 0 bridgehead atoms. The standard InChI is InChI=1S/C13H13F3O3/c1-2-8-3-4-9(6-10(17)7-12(18)19)11(5-8)13(14,15)16/h3-5H,2,6-7H2,1H3,(H,18,19)/p-1. The average Bonchev–Trinajstić information content (AvgIpc) is 2.26. The number of ketones is 1. The van der Waals surface area contributed by atoms with E-state index in [4.69, 9.17) is 0 Å². The van der Waals surface area contributed by atoms with Crippen LogP contribution in [-0.4, -0.2) is 11.8 Å². The zero-order chi connectivity index (χ0) is 14.6. The van der Waals surface area contributed by atoms with Crippen LogP contribution >= 0.6 is 0 Å². The zero-order valence-corrected chi connectivity index (χ0v) is 10.2. The number of hydrogen-bond acceptors (Lipinski definition) is 3. The van der Waals surface area contributed by atoms with E-state index in [1.54, 1.807) is 6.92 Å². The molecule has 0 heterocycles. The second-order valence-corrected chi connectivity index (χ2v) is 4.11. The average molecular weight is 273 g/mol. The molecule has 0 fully saturated rings. The molecule has 0 unspecified atom stereocenters. The summed E-state index contributed by atoms with van der Waals surface area (Å²) in [6.07, 6.45) is -5.57. The number of rotatable bonds is 5. The monoisotopic (exact) mass is 273 g/mol. The van der Waals surface area contributed by atoms with Crippen LogP contribution in [0, 0.1) is 0 Å². The Hall–Kier alpha value is -1.85. The molecule has 0 saturated carbocycles. The van der Waals surface area contributed by atoms with Crippen molar-refractivity contribution in [1.82, 2.24) is 0 Å². The summed E-state index contributed by atoms with van der Waals surface area (Å²) in [4.78, 5) is 21.5. The summed E-state index contributed by atoms with van der Waals surface area (Å²) in [6, 6.07) is 3.70. The number of halogens is 3. The summed E-state index contributed by atoms with van der Waals surface area (Å²) in [5.74, 6) is -2.40. The minimum Gasteiger partial charge on any atom is -0.550 e. The lowest BCUT2D eigenvalue weighted by molar-refractivity contribution is -0.304. The summed E-state index contributed by atoms with van der Waals surface area (Å²) >= 11 is 0. The molecule has 0 aliphatic rings. The second kappa shape index (κ2) is 5.86. The molecule has 1 rings (SSSR count). The molecule has 0 radical (unpaired) electrons. The Balaban J connectivity index is 3.06. The lowest BCUT2D eigenvalue weighted by atomic mass is 9.97. The maximum Gasteiger partial charge on any atom is 0.416 e. The van der Waals surface area contributed by atoms with Crippen LogP contribution in [0.25, 0.3) is 0 Å². The Kier molecular flexibility index (Phi) is 4.69. The number of aliphatic carboxylic acids is 1. The van der Waals surface area contributed by atoms with Gasteiger partial charge in [-0.15, -0.1) is 0 Å². The van der Waals surface area contributed by atoms with Gasteiger partial charge in [0.1, 0.15) is 5.78 Å². The number of carboxylic acids is 1. The third kappa shape index (κ3) is 4.39. The molecule has 0 atom stereocenters. The highest BCUT2D eigenvalue weighted by Gasteiger charge is 2.33. The van der Waals surface area contributed by atoms with E-state index >= 15 is 0 Å². The Bertz CT molecular complexity index is 492. The minimum atomic E-state index is -4.57. The fourth-order valence-corrected chi connectivity index (χ4v) is 1.70. The molecule has 0 aliphatic carbocycles. The van der Waals surface area contributed by atoms with E-state index in [1.807, 2.05) is 0 Å². The van der Waals surface area contributed by atoms with Crippen LogP contribution in [0.4, 0.5) is 13.2 Å². The molecule has 104 valence electrons. The topological polar surface area (TPSA) is 57.2 Å². The van der Waals surface area contributed by atoms with E-state index in [-0.39, 0.29) is 5.56 Å². The lowest BCUT2D eigenvalue weighted by Gasteiger charge is -2.14. The molecule has 0 aliphatic heterocycles. The van der Waals surface area contributed by atoms with E-state index in [2.05, 4.69) is 0 Å². The van der Waals surface area contributed by atoms with Crippen molar-refractivity contribution in [2.75, 3.05) is 0 Å². The van der Waals surface area contributed by atoms with Gasteiger partial charge in [0, 0.05) is 18.8 Å². The molecule has 19 heavy (non-hydrogen) atoms. The van der Waals surface area contributed by atoms with Gasteiger partial charge in [0.05, 0.1) is 5.56 Å². The van der Waals surface area contributed by atoms with Crippen LogP contribution in [0.3, 0.4) is 0 Å². The van der Waals surface area contributed by atoms with Crippen molar-refractivity contribution >= 4 is 11.8 Å². The van der Waals surface area contributed by atoms with Gasteiger partial charge in [0.15, 0.2) is 0 Å². The first-order valence-corrected chi connectivity index (χ1v) is 5.64. The molecule has 0 aromatic heterocycles. The maximum atomic E-state index is 12.8. The number of alkyl halides is 3. The molecule has 6 heteroatoms. The predicted molar refractivity (Wildman–Crippen MR) is 59.2 cm³/mol. The molecule has 1 aromatic carbocycles. The van der Waals surface area contributed by atoms with E-state index < -0.39 is 36.3 Å². The fourth-order valence-electron chi connectivity index (χ4n) is 1.70. The van der Waals surface area contributed by atoms with Gasteiger partial charge in [-0.3, -0.25) is 4.79 Å². The Labute approximate surface area is 108 Å². The number of benzene rings is 1. The SMILES string of the molecule is CCc1ccc(CC(=O)CC(=O)[O-])c(C(F)(F)F)c1. The summed E-state index contributed by atoms with van der Waals surface area (Å²) in [5, 5.41) is 10.2. The summed E-state index contributed by atoms with van der Waals surface area (Å²) < 4.78 is 38.5. The zero-order valence-electron chi connectivity index (χ0n) is 10.2. The summed E-state index contributed by atoms with van der Waals surface area (Å²) in [5.41, 5.74) is -0.599. The Morgan fingerprint density at radius 3 is 2.37 bits per heavy atom. The van der Waals surface area contributed by atoms with Gasteiger partial charge in [0.25, 0.3) is 0 Å². The molecule has 0 spiro atoms. The lowest BCUT2D eigenvalue weighted by Crippen LogP contribution is -2.26. The van der Waals surface area contributed by atoms with Gasteiger partial charge in [0.2, 0.25) is 0 Å². The molecule has 0 N–H and O–H groups in total.